The molecule has 0 spiro atoms. The van der Waals surface area contributed by atoms with Crippen molar-refractivity contribution < 1.29 is 13.2 Å². The fourth-order valence-corrected chi connectivity index (χ4v) is 2.07. The van der Waals surface area contributed by atoms with Crippen LogP contribution in [0.4, 0.5) is 24.5 Å². The van der Waals surface area contributed by atoms with Gasteiger partial charge in [-0.25, -0.2) is 0 Å². The minimum Gasteiger partial charge on any atom is -0.399 e. The first kappa shape index (κ1) is 17.7. The van der Waals surface area contributed by atoms with Crippen LogP contribution in [0.1, 0.15) is 18.1 Å². The second-order valence-electron chi connectivity index (χ2n) is 4.93. The van der Waals surface area contributed by atoms with E-state index >= 15 is 0 Å². The van der Waals surface area contributed by atoms with Gasteiger partial charge < -0.3 is 11.1 Å². The van der Waals surface area contributed by atoms with E-state index in [-0.39, 0.29) is 10.8 Å². The smallest absolute Gasteiger partial charge is 0.399 e. The quantitative estimate of drug-likeness (QED) is 0.338. The Labute approximate surface area is 142 Å². The van der Waals surface area contributed by atoms with E-state index in [9.17, 15) is 13.2 Å². The topological polar surface area (TPSA) is 62.4 Å². The molecular formula is C16H15F3N4S. The number of benzene rings is 2. The molecule has 0 saturated heterocycles. The highest BCUT2D eigenvalue weighted by molar-refractivity contribution is 7.80. The van der Waals surface area contributed by atoms with E-state index in [1.165, 1.54) is 18.2 Å². The monoisotopic (exact) mass is 352 g/mol. The Hall–Kier alpha value is -2.61. The molecule has 2 aromatic rings. The SMILES string of the molecule is C/C(=N/NC(=S)Nc1ccccc1C(F)(F)F)c1ccc(N)cc1. The van der Waals surface area contributed by atoms with Crippen molar-refractivity contribution in [1.29, 1.82) is 0 Å². The van der Waals surface area contributed by atoms with Crippen LogP contribution in [0, 0.1) is 0 Å². The second-order valence-corrected chi connectivity index (χ2v) is 5.34. The molecule has 2 rings (SSSR count). The Balaban J connectivity index is 2.06. The highest BCUT2D eigenvalue weighted by Gasteiger charge is 2.33. The number of anilines is 2. The number of hydrogen-bond donors (Lipinski definition) is 3. The molecule has 0 saturated carbocycles. The number of nitrogens with one attached hydrogen (secondary N) is 2. The first-order valence-corrected chi connectivity index (χ1v) is 7.31. The zero-order valence-electron chi connectivity index (χ0n) is 12.7. The molecule has 24 heavy (non-hydrogen) atoms. The molecule has 0 radical (unpaired) electrons. The summed E-state index contributed by atoms with van der Waals surface area (Å²) in [6.45, 7) is 1.74. The maximum atomic E-state index is 12.9. The fourth-order valence-electron chi connectivity index (χ4n) is 1.91. The van der Waals surface area contributed by atoms with Crippen molar-refractivity contribution in [3.63, 3.8) is 0 Å². The number of halogens is 3. The van der Waals surface area contributed by atoms with E-state index in [1.807, 2.05) is 0 Å². The minimum atomic E-state index is -4.47. The number of hydrazone groups is 1. The molecular weight excluding hydrogens is 337 g/mol. The zero-order valence-corrected chi connectivity index (χ0v) is 13.5. The van der Waals surface area contributed by atoms with Crippen molar-refractivity contribution >= 4 is 34.4 Å². The Kier molecular flexibility index (Phi) is 5.40. The zero-order chi connectivity index (χ0) is 17.7. The van der Waals surface area contributed by atoms with Gasteiger partial charge in [0.1, 0.15) is 0 Å². The Morgan fingerprint density at radius 3 is 2.33 bits per heavy atom. The van der Waals surface area contributed by atoms with Gasteiger partial charge in [-0.2, -0.15) is 18.3 Å². The third kappa shape index (κ3) is 4.69. The number of nitrogen functional groups attached to an aromatic ring is 1. The lowest BCUT2D eigenvalue weighted by Crippen LogP contribution is -2.26. The van der Waals surface area contributed by atoms with E-state index in [0.717, 1.165) is 11.6 Å². The summed E-state index contributed by atoms with van der Waals surface area (Å²) in [6.07, 6.45) is -4.47. The number of nitrogens with two attached hydrogens (primary N) is 1. The molecule has 0 aromatic heterocycles. The molecule has 2 aromatic carbocycles. The molecule has 8 heteroatoms. The van der Waals surface area contributed by atoms with Crippen LogP contribution in [0.2, 0.25) is 0 Å². The lowest BCUT2D eigenvalue weighted by atomic mass is 10.1. The van der Waals surface area contributed by atoms with Gasteiger partial charge in [0.05, 0.1) is 17.0 Å². The van der Waals surface area contributed by atoms with E-state index in [1.54, 1.807) is 31.2 Å². The van der Waals surface area contributed by atoms with Crippen LogP contribution in [-0.2, 0) is 6.18 Å². The summed E-state index contributed by atoms with van der Waals surface area (Å²) in [5.41, 5.74) is 9.26. The average molecular weight is 352 g/mol. The molecule has 0 aliphatic heterocycles. The van der Waals surface area contributed by atoms with Gasteiger partial charge >= 0.3 is 6.18 Å². The van der Waals surface area contributed by atoms with Crippen molar-refractivity contribution in [2.75, 3.05) is 11.1 Å². The van der Waals surface area contributed by atoms with Crippen LogP contribution in [0.25, 0.3) is 0 Å². The molecule has 4 N–H and O–H groups in total. The molecule has 0 aliphatic carbocycles. The van der Waals surface area contributed by atoms with Gasteiger partial charge in [0.15, 0.2) is 5.11 Å². The van der Waals surface area contributed by atoms with E-state index < -0.39 is 11.7 Å². The van der Waals surface area contributed by atoms with Gasteiger partial charge in [-0.05, 0) is 49.0 Å². The highest BCUT2D eigenvalue weighted by atomic mass is 32.1. The average Bonchev–Trinajstić information content (AvgIpc) is 2.53. The first-order valence-electron chi connectivity index (χ1n) is 6.91. The van der Waals surface area contributed by atoms with Gasteiger partial charge in [0.2, 0.25) is 0 Å². The minimum absolute atomic E-state index is 0.0403. The van der Waals surface area contributed by atoms with E-state index in [4.69, 9.17) is 18.0 Å². The third-order valence-electron chi connectivity index (χ3n) is 3.13. The van der Waals surface area contributed by atoms with Gasteiger partial charge in [-0.1, -0.05) is 24.3 Å². The lowest BCUT2D eigenvalue weighted by molar-refractivity contribution is -0.136. The Morgan fingerprint density at radius 2 is 1.71 bits per heavy atom. The standard InChI is InChI=1S/C16H15F3N4S/c1-10(11-6-8-12(20)9-7-11)22-23-15(24)21-14-5-3-2-4-13(14)16(17,18)19/h2-9H,20H2,1H3,(H2,21,23,24)/b22-10-. The van der Waals surface area contributed by atoms with Crippen molar-refractivity contribution in [2.45, 2.75) is 13.1 Å². The number of alkyl halides is 3. The maximum Gasteiger partial charge on any atom is 0.418 e. The van der Waals surface area contributed by atoms with Gasteiger partial charge in [0, 0.05) is 5.69 Å². The van der Waals surface area contributed by atoms with Gasteiger partial charge in [-0.15, -0.1) is 0 Å². The molecule has 0 heterocycles. The lowest BCUT2D eigenvalue weighted by Gasteiger charge is -2.14. The summed E-state index contributed by atoms with van der Waals surface area (Å²) in [7, 11) is 0. The van der Waals surface area contributed by atoms with Crippen LogP contribution < -0.4 is 16.5 Å². The van der Waals surface area contributed by atoms with Crippen molar-refractivity contribution in [3.8, 4) is 0 Å². The molecule has 0 atom stereocenters. The van der Waals surface area contributed by atoms with Crippen LogP contribution in [0.5, 0.6) is 0 Å². The van der Waals surface area contributed by atoms with Gasteiger partial charge in [0.25, 0.3) is 0 Å². The molecule has 0 unspecified atom stereocenters. The number of nitrogens with zero attached hydrogens (tertiary/aromatic N) is 1. The van der Waals surface area contributed by atoms with E-state index in [2.05, 4.69) is 15.8 Å². The predicted octanol–water partition coefficient (Wildman–Crippen LogP) is 4.00. The summed E-state index contributed by atoms with van der Waals surface area (Å²) in [5, 5.41) is 6.52. The number of para-hydroxylation sites is 1. The van der Waals surface area contributed by atoms with E-state index in [0.29, 0.717) is 11.4 Å². The predicted molar refractivity (Wildman–Crippen MR) is 93.9 cm³/mol. The maximum absolute atomic E-state index is 12.9. The largest absolute Gasteiger partial charge is 0.418 e. The van der Waals surface area contributed by atoms with Crippen molar-refractivity contribution in [1.82, 2.24) is 5.43 Å². The second kappa shape index (κ2) is 7.31. The summed E-state index contributed by atoms with van der Waals surface area (Å²) < 4.78 is 38.8. The number of rotatable bonds is 3. The summed E-state index contributed by atoms with van der Waals surface area (Å²) in [4.78, 5) is 0. The fraction of sp³-hybridized carbons (Fsp3) is 0.125. The van der Waals surface area contributed by atoms with Gasteiger partial charge in [-0.3, -0.25) is 5.43 Å². The molecule has 0 bridgehead atoms. The highest BCUT2D eigenvalue weighted by Crippen LogP contribution is 2.34. The summed E-state index contributed by atoms with van der Waals surface area (Å²) in [5.74, 6) is 0. The van der Waals surface area contributed by atoms with Crippen LogP contribution >= 0.6 is 12.2 Å². The summed E-state index contributed by atoms with van der Waals surface area (Å²) >= 11 is 4.99. The Bertz CT molecular complexity index is 755. The molecule has 0 aliphatic rings. The molecule has 4 nitrogen and oxygen atoms in total. The molecule has 126 valence electrons. The summed E-state index contributed by atoms with van der Waals surface area (Å²) in [6, 6.07) is 12.1. The molecule has 0 amide bonds. The number of thiocarbonyl (C=S) groups is 1. The first-order chi connectivity index (χ1) is 11.3. The normalized spacial score (nSPS) is 11.9. The van der Waals surface area contributed by atoms with Crippen molar-refractivity contribution in [2.24, 2.45) is 5.10 Å². The van der Waals surface area contributed by atoms with Crippen LogP contribution in [-0.4, -0.2) is 10.8 Å². The number of hydrogen-bond acceptors (Lipinski definition) is 3. The third-order valence-corrected chi connectivity index (χ3v) is 3.33. The van der Waals surface area contributed by atoms with Crippen molar-refractivity contribution in [3.05, 3.63) is 59.7 Å². The van der Waals surface area contributed by atoms with Crippen LogP contribution in [0.3, 0.4) is 0 Å². The van der Waals surface area contributed by atoms with Crippen LogP contribution in [0.15, 0.2) is 53.6 Å². The molecule has 0 fully saturated rings. The Morgan fingerprint density at radius 1 is 1.08 bits per heavy atom.